The molecule has 1 heterocycles. The van der Waals surface area contributed by atoms with Gasteiger partial charge in [0.25, 0.3) is 0 Å². The van der Waals surface area contributed by atoms with E-state index in [9.17, 15) is 4.39 Å². The van der Waals surface area contributed by atoms with Crippen LogP contribution in [0.15, 0.2) is 54.6 Å². The minimum atomic E-state index is -0.327. The number of benzene rings is 2. The molecule has 0 radical (unpaired) electrons. The van der Waals surface area contributed by atoms with E-state index in [1.807, 2.05) is 30.3 Å². The number of pyridine rings is 1. The maximum Gasteiger partial charge on any atom is 0.124 e. The van der Waals surface area contributed by atoms with Gasteiger partial charge in [0.05, 0.1) is 5.52 Å². The first-order chi connectivity index (χ1) is 10.1. The first kappa shape index (κ1) is 14.5. The molecule has 3 aromatic rings. The van der Waals surface area contributed by atoms with Crippen molar-refractivity contribution >= 4 is 38.4 Å². The highest BCUT2D eigenvalue weighted by molar-refractivity contribution is 9.09. The molecular weight excluding hydrogens is 353 g/mol. The van der Waals surface area contributed by atoms with Gasteiger partial charge in [-0.25, -0.2) is 4.39 Å². The zero-order valence-electron chi connectivity index (χ0n) is 11.1. The van der Waals surface area contributed by atoms with Crippen LogP contribution in [0.4, 0.5) is 4.39 Å². The second-order valence-corrected chi connectivity index (χ2v) is 6.35. The summed E-state index contributed by atoms with van der Waals surface area (Å²) in [6, 6.07) is 16.5. The minimum absolute atomic E-state index is 0.000683. The van der Waals surface area contributed by atoms with Gasteiger partial charge in [-0.15, -0.1) is 0 Å². The lowest BCUT2D eigenvalue weighted by atomic mass is 10.1. The van der Waals surface area contributed by atoms with E-state index in [1.165, 1.54) is 12.1 Å². The quantitative estimate of drug-likeness (QED) is 0.543. The van der Waals surface area contributed by atoms with Crippen molar-refractivity contribution in [3.8, 4) is 0 Å². The second-order valence-electron chi connectivity index (χ2n) is 4.83. The average molecular weight is 365 g/mol. The lowest BCUT2D eigenvalue weighted by Crippen LogP contribution is -1.99. The number of para-hydroxylation sites is 1. The molecule has 1 aromatic heterocycles. The molecule has 0 aliphatic rings. The summed E-state index contributed by atoms with van der Waals surface area (Å²) in [5, 5.41) is 1.55. The van der Waals surface area contributed by atoms with Crippen LogP contribution < -0.4 is 0 Å². The summed E-state index contributed by atoms with van der Waals surface area (Å²) in [5.74, 6) is -0.327. The molecule has 0 saturated heterocycles. The Balaban J connectivity index is 1.87. The van der Waals surface area contributed by atoms with Crippen LogP contribution in [0.25, 0.3) is 10.9 Å². The van der Waals surface area contributed by atoms with Gasteiger partial charge in [-0.05, 0) is 29.8 Å². The predicted molar refractivity (Wildman–Crippen MR) is 88.5 cm³/mol. The van der Waals surface area contributed by atoms with Crippen LogP contribution in [0.3, 0.4) is 0 Å². The van der Waals surface area contributed by atoms with Crippen molar-refractivity contribution in [3.05, 3.63) is 76.7 Å². The zero-order valence-corrected chi connectivity index (χ0v) is 13.4. The molecule has 0 spiro atoms. The van der Waals surface area contributed by atoms with Gasteiger partial charge < -0.3 is 0 Å². The molecule has 1 unspecified atom stereocenters. The number of nitrogens with zero attached hydrogens (tertiary/aromatic N) is 1. The van der Waals surface area contributed by atoms with Crippen molar-refractivity contribution in [2.45, 2.75) is 11.2 Å². The minimum Gasteiger partial charge on any atom is -0.253 e. The molecule has 106 valence electrons. The highest BCUT2D eigenvalue weighted by atomic mass is 79.9. The van der Waals surface area contributed by atoms with Crippen molar-refractivity contribution < 1.29 is 4.39 Å². The summed E-state index contributed by atoms with van der Waals surface area (Å²) in [6.07, 6.45) is 0.691. The van der Waals surface area contributed by atoms with Crippen LogP contribution in [0, 0.1) is 5.82 Å². The molecule has 0 N–H and O–H groups in total. The fourth-order valence-corrected chi connectivity index (χ4v) is 3.43. The van der Waals surface area contributed by atoms with Gasteiger partial charge in [0.15, 0.2) is 0 Å². The second kappa shape index (κ2) is 6.12. The predicted octanol–water partition coefficient (Wildman–Crippen LogP) is 5.71. The molecule has 0 amide bonds. The Bertz CT molecular complexity index is 791. The standard InChI is InChI=1S/C17H12BrClFN/c18-15(14-8-6-12(20)9-16(14)19)10-13-7-5-11-3-1-2-4-17(11)21-13/h1-9,15H,10H2. The Kier molecular flexibility index (Phi) is 4.22. The number of hydrogen-bond acceptors (Lipinski definition) is 1. The molecule has 21 heavy (non-hydrogen) atoms. The van der Waals surface area contributed by atoms with Gasteiger partial charge in [0, 0.05) is 27.4 Å². The highest BCUT2D eigenvalue weighted by Gasteiger charge is 2.13. The summed E-state index contributed by atoms with van der Waals surface area (Å²) in [7, 11) is 0. The van der Waals surface area contributed by atoms with Gasteiger partial charge in [0.1, 0.15) is 5.82 Å². The van der Waals surface area contributed by atoms with Crippen LogP contribution in [0.5, 0.6) is 0 Å². The van der Waals surface area contributed by atoms with E-state index in [0.717, 1.165) is 22.2 Å². The molecule has 1 nitrogen and oxygen atoms in total. The Morgan fingerprint density at radius 1 is 1.10 bits per heavy atom. The van der Waals surface area contributed by atoms with E-state index in [1.54, 1.807) is 6.07 Å². The first-order valence-corrected chi connectivity index (χ1v) is 7.86. The fraction of sp³-hybridized carbons (Fsp3) is 0.118. The number of hydrogen-bond donors (Lipinski definition) is 0. The largest absolute Gasteiger partial charge is 0.253 e. The van der Waals surface area contributed by atoms with Gasteiger partial charge in [0.2, 0.25) is 0 Å². The van der Waals surface area contributed by atoms with Gasteiger partial charge >= 0.3 is 0 Å². The fourth-order valence-electron chi connectivity index (χ4n) is 2.27. The Hall–Kier alpha value is -1.45. The summed E-state index contributed by atoms with van der Waals surface area (Å²) in [4.78, 5) is 4.64. The van der Waals surface area contributed by atoms with E-state index in [4.69, 9.17) is 11.6 Å². The molecular formula is C17H12BrClFN. The third kappa shape index (κ3) is 3.25. The number of halogens is 3. The molecule has 1 atom stereocenters. The molecule has 4 heteroatoms. The number of fused-ring (bicyclic) bond motifs is 1. The number of aromatic nitrogens is 1. The van der Waals surface area contributed by atoms with E-state index in [0.29, 0.717) is 11.4 Å². The average Bonchev–Trinajstić information content (AvgIpc) is 2.47. The van der Waals surface area contributed by atoms with E-state index < -0.39 is 0 Å². The SMILES string of the molecule is Fc1ccc(C(Br)Cc2ccc3ccccc3n2)c(Cl)c1. The maximum absolute atomic E-state index is 13.1. The molecule has 0 aliphatic carbocycles. The molecule has 3 rings (SSSR count). The zero-order chi connectivity index (χ0) is 14.8. The van der Waals surface area contributed by atoms with Crippen LogP contribution >= 0.6 is 27.5 Å². The summed E-state index contributed by atoms with van der Waals surface area (Å²) in [5.41, 5.74) is 2.81. The Morgan fingerprint density at radius 3 is 2.71 bits per heavy atom. The number of rotatable bonds is 3. The highest BCUT2D eigenvalue weighted by Crippen LogP contribution is 2.32. The van der Waals surface area contributed by atoms with Gasteiger partial charge in [-0.1, -0.05) is 57.9 Å². The van der Waals surface area contributed by atoms with Gasteiger partial charge in [-0.2, -0.15) is 0 Å². The first-order valence-electron chi connectivity index (χ1n) is 6.57. The normalized spacial score (nSPS) is 12.5. The molecule has 0 bridgehead atoms. The van der Waals surface area contributed by atoms with Crippen molar-refractivity contribution in [2.24, 2.45) is 0 Å². The van der Waals surface area contributed by atoms with Crippen molar-refractivity contribution in [2.75, 3.05) is 0 Å². The lowest BCUT2D eigenvalue weighted by molar-refractivity contribution is 0.627. The molecule has 0 saturated carbocycles. The van der Waals surface area contributed by atoms with Crippen molar-refractivity contribution in [1.29, 1.82) is 0 Å². The summed E-state index contributed by atoms with van der Waals surface area (Å²) < 4.78 is 13.1. The van der Waals surface area contributed by atoms with Crippen molar-refractivity contribution in [3.63, 3.8) is 0 Å². The third-order valence-corrected chi connectivity index (χ3v) is 4.49. The Morgan fingerprint density at radius 2 is 1.90 bits per heavy atom. The van der Waals surface area contributed by atoms with Crippen LogP contribution in [0.2, 0.25) is 5.02 Å². The topological polar surface area (TPSA) is 12.9 Å². The van der Waals surface area contributed by atoms with Crippen LogP contribution in [0.1, 0.15) is 16.1 Å². The van der Waals surface area contributed by atoms with E-state index in [2.05, 4.69) is 27.0 Å². The monoisotopic (exact) mass is 363 g/mol. The maximum atomic E-state index is 13.1. The van der Waals surface area contributed by atoms with Gasteiger partial charge in [-0.3, -0.25) is 4.98 Å². The summed E-state index contributed by atoms with van der Waals surface area (Å²) >= 11 is 9.71. The van der Waals surface area contributed by atoms with E-state index >= 15 is 0 Å². The number of alkyl halides is 1. The third-order valence-electron chi connectivity index (χ3n) is 3.34. The van der Waals surface area contributed by atoms with Crippen LogP contribution in [-0.4, -0.2) is 4.98 Å². The molecule has 0 aliphatic heterocycles. The molecule has 0 fully saturated rings. The molecule has 2 aromatic carbocycles. The lowest BCUT2D eigenvalue weighted by Gasteiger charge is -2.12. The van der Waals surface area contributed by atoms with E-state index in [-0.39, 0.29) is 10.6 Å². The summed E-state index contributed by atoms with van der Waals surface area (Å²) in [6.45, 7) is 0. The van der Waals surface area contributed by atoms with Crippen LogP contribution in [-0.2, 0) is 6.42 Å². The smallest absolute Gasteiger partial charge is 0.124 e. The Labute approximate surface area is 135 Å². The van der Waals surface area contributed by atoms with Crippen molar-refractivity contribution in [1.82, 2.24) is 4.98 Å².